The van der Waals surface area contributed by atoms with Crippen molar-refractivity contribution in [1.29, 1.82) is 0 Å². The number of hydrogen-bond donors (Lipinski definition) is 2. The number of hydrogen-bond acceptors (Lipinski definition) is 9. The van der Waals surface area contributed by atoms with Gasteiger partial charge in [-0.2, -0.15) is 0 Å². The van der Waals surface area contributed by atoms with Crippen molar-refractivity contribution in [3.63, 3.8) is 0 Å². The summed E-state index contributed by atoms with van der Waals surface area (Å²) in [7, 11) is 1.52. The Morgan fingerprint density at radius 1 is 1.13 bits per heavy atom. The number of aryl methyl sites for hydroxylation is 1. The first-order valence-corrected chi connectivity index (χ1v) is 11.1. The summed E-state index contributed by atoms with van der Waals surface area (Å²) in [5, 5.41) is 1.35. The highest BCUT2D eigenvalue weighted by Gasteiger charge is 2.21. The largest absolute Gasteiger partial charge is 0.493 e. The van der Waals surface area contributed by atoms with E-state index in [2.05, 4.69) is 23.8 Å². The van der Waals surface area contributed by atoms with Crippen molar-refractivity contribution >= 4 is 34.7 Å². The molecule has 4 N–H and O–H groups in total. The number of thioether (sulfide) groups is 1. The lowest BCUT2D eigenvalue weighted by atomic mass is 10.2. The normalized spacial score (nSPS) is 12.0. The van der Waals surface area contributed by atoms with Crippen LogP contribution in [-0.4, -0.2) is 28.9 Å². The number of nitrogens with two attached hydrogens (primary N) is 2. The van der Waals surface area contributed by atoms with Crippen molar-refractivity contribution < 1.29 is 13.9 Å². The minimum Gasteiger partial charge on any atom is -0.493 e. The second-order valence-corrected chi connectivity index (χ2v) is 8.85. The van der Waals surface area contributed by atoms with Crippen molar-refractivity contribution in [1.82, 2.24) is 15.0 Å². The van der Waals surface area contributed by atoms with Gasteiger partial charge in [-0.1, -0.05) is 25.1 Å². The fourth-order valence-electron chi connectivity index (χ4n) is 2.92. The summed E-state index contributed by atoms with van der Waals surface area (Å²) in [5.41, 5.74) is 13.4. The summed E-state index contributed by atoms with van der Waals surface area (Å²) in [5.74, 6) is 1.49. The van der Waals surface area contributed by atoms with Gasteiger partial charge in [-0.15, -0.1) is 11.3 Å². The molecule has 3 aromatic rings. The van der Waals surface area contributed by atoms with Gasteiger partial charge in [0, 0.05) is 16.5 Å². The number of halogens is 1. The fraction of sp³-hybridized carbons (Fsp3) is 0.350. The van der Waals surface area contributed by atoms with Crippen molar-refractivity contribution in [3.05, 3.63) is 34.8 Å². The third-order valence-corrected chi connectivity index (χ3v) is 6.39. The first-order valence-electron chi connectivity index (χ1n) is 9.38. The van der Waals surface area contributed by atoms with Crippen LogP contribution in [0.1, 0.15) is 36.1 Å². The Morgan fingerprint density at radius 3 is 2.50 bits per heavy atom. The zero-order valence-corrected chi connectivity index (χ0v) is 18.6. The summed E-state index contributed by atoms with van der Waals surface area (Å²) in [6, 6.07) is 6.92. The number of benzene rings is 1. The number of nitrogen functional groups attached to an aromatic ring is 2. The summed E-state index contributed by atoms with van der Waals surface area (Å²) >= 11 is 3.08. The van der Waals surface area contributed by atoms with Crippen molar-refractivity contribution in [3.8, 4) is 22.1 Å². The van der Waals surface area contributed by atoms with E-state index in [0.717, 1.165) is 29.1 Å². The average molecular weight is 450 g/mol. The molecule has 0 amide bonds. The highest BCUT2D eigenvalue weighted by Crippen LogP contribution is 2.41. The molecule has 3 rings (SSSR count). The van der Waals surface area contributed by atoms with Crippen LogP contribution in [0.3, 0.4) is 0 Å². The SMILES string of the molecule is CCCc1sc(-c2ccc(OC)c(OCF)c2)nc1C(C)Sc1nc(N)cc(N)n1. The van der Waals surface area contributed by atoms with E-state index in [1.54, 1.807) is 23.5 Å². The number of thiazole rings is 1. The number of rotatable bonds is 9. The molecule has 1 unspecified atom stereocenters. The number of nitrogens with zero attached hydrogens (tertiary/aromatic N) is 3. The molecule has 2 aromatic heterocycles. The number of aromatic nitrogens is 3. The van der Waals surface area contributed by atoms with E-state index in [-0.39, 0.29) is 5.25 Å². The molecule has 0 aliphatic carbocycles. The Kier molecular flexibility index (Phi) is 7.33. The van der Waals surface area contributed by atoms with Crippen LogP contribution in [0.2, 0.25) is 0 Å². The maximum Gasteiger partial charge on any atom is 0.228 e. The predicted molar refractivity (Wildman–Crippen MR) is 120 cm³/mol. The lowest BCUT2D eigenvalue weighted by Gasteiger charge is -2.10. The van der Waals surface area contributed by atoms with Gasteiger partial charge in [-0.3, -0.25) is 0 Å². The summed E-state index contributed by atoms with van der Waals surface area (Å²) < 4.78 is 23.0. The molecular formula is C20H24FN5O2S2. The Balaban J connectivity index is 1.93. The summed E-state index contributed by atoms with van der Waals surface area (Å²) in [4.78, 5) is 14.6. The third kappa shape index (κ3) is 5.11. The number of methoxy groups -OCH3 is 1. The zero-order chi connectivity index (χ0) is 21.7. The van der Waals surface area contributed by atoms with Crippen LogP contribution in [0.15, 0.2) is 29.4 Å². The maximum atomic E-state index is 12.7. The second-order valence-electron chi connectivity index (χ2n) is 6.46. The van der Waals surface area contributed by atoms with Crippen LogP contribution in [0, 0.1) is 0 Å². The molecule has 1 aromatic carbocycles. The topological polar surface area (TPSA) is 109 Å². The maximum absolute atomic E-state index is 12.7. The van der Waals surface area contributed by atoms with Crippen LogP contribution in [0.4, 0.5) is 16.0 Å². The summed E-state index contributed by atoms with van der Waals surface area (Å²) in [6.07, 6.45) is 1.90. The van der Waals surface area contributed by atoms with Crippen LogP contribution in [0.5, 0.6) is 11.5 Å². The molecule has 0 fully saturated rings. The molecule has 160 valence electrons. The van der Waals surface area contributed by atoms with Gasteiger partial charge >= 0.3 is 0 Å². The van der Waals surface area contributed by atoms with Gasteiger partial charge in [0.15, 0.2) is 16.7 Å². The van der Waals surface area contributed by atoms with Gasteiger partial charge in [0.05, 0.1) is 18.1 Å². The molecule has 7 nitrogen and oxygen atoms in total. The van der Waals surface area contributed by atoms with E-state index in [9.17, 15) is 4.39 Å². The molecule has 0 aliphatic rings. The summed E-state index contributed by atoms with van der Waals surface area (Å²) in [6.45, 7) is 3.25. The van der Waals surface area contributed by atoms with E-state index in [1.165, 1.54) is 29.8 Å². The number of anilines is 2. The minimum absolute atomic E-state index is 0.00226. The highest BCUT2D eigenvalue weighted by molar-refractivity contribution is 7.99. The molecule has 1 atom stereocenters. The highest BCUT2D eigenvalue weighted by atomic mass is 32.2. The van der Waals surface area contributed by atoms with Gasteiger partial charge < -0.3 is 20.9 Å². The monoisotopic (exact) mass is 449 g/mol. The molecule has 0 spiro atoms. The van der Waals surface area contributed by atoms with Gasteiger partial charge in [0.2, 0.25) is 6.86 Å². The van der Waals surface area contributed by atoms with Gasteiger partial charge in [-0.25, -0.2) is 19.3 Å². The van der Waals surface area contributed by atoms with Crippen molar-refractivity contribution in [2.24, 2.45) is 0 Å². The number of alkyl halides is 1. The lowest BCUT2D eigenvalue weighted by Crippen LogP contribution is -2.01. The van der Waals surface area contributed by atoms with Gasteiger partial charge in [-0.05, 0) is 31.5 Å². The predicted octanol–water partition coefficient (Wildman–Crippen LogP) is 4.88. The fourth-order valence-corrected chi connectivity index (χ4v) is 5.19. The van der Waals surface area contributed by atoms with E-state index >= 15 is 0 Å². The molecule has 2 heterocycles. The van der Waals surface area contributed by atoms with Crippen LogP contribution in [0.25, 0.3) is 10.6 Å². The van der Waals surface area contributed by atoms with Crippen LogP contribution in [-0.2, 0) is 6.42 Å². The van der Waals surface area contributed by atoms with Gasteiger partial charge in [0.1, 0.15) is 16.6 Å². The van der Waals surface area contributed by atoms with E-state index in [4.69, 9.17) is 25.9 Å². The first-order chi connectivity index (χ1) is 14.4. The average Bonchev–Trinajstić information content (AvgIpc) is 3.12. The van der Waals surface area contributed by atoms with Crippen LogP contribution >= 0.6 is 23.1 Å². The van der Waals surface area contributed by atoms with Crippen molar-refractivity contribution in [2.75, 3.05) is 25.4 Å². The minimum atomic E-state index is -0.930. The smallest absolute Gasteiger partial charge is 0.228 e. The van der Waals surface area contributed by atoms with E-state index < -0.39 is 6.86 Å². The van der Waals surface area contributed by atoms with Crippen molar-refractivity contribution in [2.45, 2.75) is 37.1 Å². The molecular weight excluding hydrogens is 425 g/mol. The van der Waals surface area contributed by atoms with E-state index in [1.807, 2.05) is 6.07 Å². The molecule has 0 saturated heterocycles. The molecule has 10 heteroatoms. The Hall–Kier alpha value is -2.59. The second kappa shape index (κ2) is 9.94. The first kappa shape index (κ1) is 22.1. The zero-order valence-electron chi connectivity index (χ0n) is 17.0. The molecule has 0 bridgehead atoms. The molecule has 30 heavy (non-hydrogen) atoms. The third-order valence-electron chi connectivity index (χ3n) is 4.24. The van der Waals surface area contributed by atoms with E-state index in [0.29, 0.717) is 28.3 Å². The molecule has 0 radical (unpaired) electrons. The van der Waals surface area contributed by atoms with Crippen LogP contribution < -0.4 is 20.9 Å². The van der Waals surface area contributed by atoms with Gasteiger partial charge in [0.25, 0.3) is 0 Å². The lowest BCUT2D eigenvalue weighted by molar-refractivity contribution is 0.185. The molecule has 0 saturated carbocycles. The standard InChI is InChI=1S/C20H24FN5O2S2/c1-4-5-15-18(11(2)29-20-24-16(22)9-17(23)25-20)26-19(30-15)12-6-7-13(27-3)14(8-12)28-10-21/h6-9,11H,4-5,10H2,1-3H3,(H4,22,23,24,25). The Labute approximate surface area is 183 Å². The molecule has 0 aliphatic heterocycles. The Morgan fingerprint density at radius 2 is 1.87 bits per heavy atom. The Bertz CT molecular complexity index is 995. The number of ether oxygens (including phenoxy) is 2. The quantitative estimate of drug-likeness (QED) is 0.351.